The van der Waals surface area contributed by atoms with Gasteiger partial charge in [0.1, 0.15) is 6.33 Å². The third kappa shape index (κ3) is 2.83. The van der Waals surface area contributed by atoms with Gasteiger partial charge in [0.25, 0.3) is 0 Å². The largest absolute Gasteiger partial charge is 0.394 e. The molecule has 0 amide bonds. The van der Waals surface area contributed by atoms with Crippen LogP contribution < -0.4 is 10.6 Å². The van der Waals surface area contributed by atoms with Crippen LogP contribution in [-0.2, 0) is 4.74 Å². The van der Waals surface area contributed by atoms with E-state index in [1.54, 1.807) is 6.20 Å². The summed E-state index contributed by atoms with van der Waals surface area (Å²) in [6.07, 6.45) is 4.30. The summed E-state index contributed by atoms with van der Waals surface area (Å²) in [5.41, 5.74) is 5.60. The Bertz CT molecular complexity index is 379. The van der Waals surface area contributed by atoms with Crippen molar-refractivity contribution in [2.45, 2.75) is 18.4 Å². The molecule has 1 aromatic rings. The van der Waals surface area contributed by atoms with Crippen molar-refractivity contribution in [3.05, 3.63) is 12.5 Å². The van der Waals surface area contributed by atoms with Crippen molar-refractivity contribution in [1.82, 2.24) is 9.97 Å². The predicted molar refractivity (Wildman–Crippen MR) is 64.7 cm³/mol. The predicted octanol–water partition coefficient (Wildman–Crippen LogP) is 0.0365. The van der Waals surface area contributed by atoms with E-state index in [1.807, 2.05) is 11.9 Å². The highest BCUT2D eigenvalue weighted by atomic mass is 16.5. The van der Waals surface area contributed by atoms with Gasteiger partial charge in [0.2, 0.25) is 0 Å². The summed E-state index contributed by atoms with van der Waals surface area (Å²) < 4.78 is 5.25. The molecule has 0 atom stereocenters. The van der Waals surface area contributed by atoms with Gasteiger partial charge in [0, 0.05) is 39.6 Å². The van der Waals surface area contributed by atoms with Gasteiger partial charge in [-0.1, -0.05) is 0 Å². The third-order valence-corrected chi connectivity index (χ3v) is 3.04. The van der Waals surface area contributed by atoms with Gasteiger partial charge in [-0.25, -0.2) is 9.97 Å². The van der Waals surface area contributed by atoms with Crippen molar-refractivity contribution in [3.8, 4) is 0 Å². The van der Waals surface area contributed by atoms with E-state index in [4.69, 9.17) is 10.5 Å². The second-order valence-electron chi connectivity index (χ2n) is 4.49. The fraction of sp³-hybridized carbons (Fsp3) is 0.636. The maximum absolute atomic E-state index is 10.4. The van der Waals surface area contributed by atoms with E-state index < -0.39 is 5.60 Å². The minimum atomic E-state index is -0.718. The average Bonchev–Trinajstić information content (AvgIpc) is 2.29. The first-order valence-corrected chi connectivity index (χ1v) is 5.67. The monoisotopic (exact) mass is 238 g/mol. The molecule has 2 heterocycles. The van der Waals surface area contributed by atoms with E-state index in [1.165, 1.54) is 6.33 Å². The Kier molecular flexibility index (Phi) is 3.44. The first kappa shape index (κ1) is 12.1. The van der Waals surface area contributed by atoms with E-state index in [2.05, 4.69) is 9.97 Å². The molecular weight excluding hydrogens is 220 g/mol. The molecule has 0 spiro atoms. The zero-order valence-electron chi connectivity index (χ0n) is 9.96. The molecular formula is C11H18N4O2. The summed E-state index contributed by atoms with van der Waals surface area (Å²) in [5.74, 6) is 0.653. The number of anilines is 2. The second-order valence-corrected chi connectivity index (χ2v) is 4.49. The molecule has 2 rings (SSSR count). The van der Waals surface area contributed by atoms with Gasteiger partial charge in [-0.3, -0.25) is 0 Å². The van der Waals surface area contributed by atoms with Crippen LogP contribution in [0.4, 0.5) is 11.5 Å². The first-order valence-electron chi connectivity index (χ1n) is 5.67. The summed E-state index contributed by atoms with van der Waals surface area (Å²) >= 11 is 0. The van der Waals surface area contributed by atoms with Crippen molar-refractivity contribution in [2.24, 2.45) is 0 Å². The lowest BCUT2D eigenvalue weighted by atomic mass is 9.94. The van der Waals surface area contributed by atoms with Crippen LogP contribution in [0, 0.1) is 0 Å². The van der Waals surface area contributed by atoms with Crippen LogP contribution in [0.5, 0.6) is 0 Å². The SMILES string of the molecule is CN(CC1(O)CCOCC1)c1ncncc1N. The molecule has 0 saturated carbocycles. The first-order chi connectivity index (χ1) is 8.11. The molecule has 6 nitrogen and oxygen atoms in total. The van der Waals surface area contributed by atoms with E-state index >= 15 is 0 Å². The highest BCUT2D eigenvalue weighted by Crippen LogP contribution is 2.25. The number of rotatable bonds is 3. The van der Waals surface area contributed by atoms with Gasteiger partial charge in [-0.2, -0.15) is 0 Å². The lowest BCUT2D eigenvalue weighted by Crippen LogP contribution is -2.46. The van der Waals surface area contributed by atoms with Crippen molar-refractivity contribution in [3.63, 3.8) is 0 Å². The Morgan fingerprint density at radius 2 is 2.24 bits per heavy atom. The highest BCUT2D eigenvalue weighted by Gasteiger charge is 2.31. The van der Waals surface area contributed by atoms with E-state index in [0.29, 0.717) is 44.1 Å². The smallest absolute Gasteiger partial charge is 0.155 e. The summed E-state index contributed by atoms with van der Waals surface area (Å²) in [4.78, 5) is 9.83. The number of nitrogen functional groups attached to an aromatic ring is 1. The van der Waals surface area contributed by atoms with Crippen molar-refractivity contribution in [1.29, 1.82) is 0 Å². The summed E-state index contributed by atoms with van der Waals surface area (Å²) in [6, 6.07) is 0. The molecule has 0 aromatic carbocycles. The summed E-state index contributed by atoms with van der Waals surface area (Å²) in [6.45, 7) is 1.70. The van der Waals surface area contributed by atoms with E-state index in [-0.39, 0.29) is 0 Å². The minimum Gasteiger partial charge on any atom is -0.394 e. The maximum atomic E-state index is 10.4. The van der Waals surface area contributed by atoms with Gasteiger partial charge in [-0.05, 0) is 0 Å². The minimum absolute atomic E-state index is 0.498. The van der Waals surface area contributed by atoms with Crippen molar-refractivity contribution < 1.29 is 9.84 Å². The maximum Gasteiger partial charge on any atom is 0.155 e. The Morgan fingerprint density at radius 1 is 1.53 bits per heavy atom. The molecule has 3 N–H and O–H groups in total. The van der Waals surface area contributed by atoms with Crippen LogP contribution in [0.25, 0.3) is 0 Å². The molecule has 1 saturated heterocycles. The second kappa shape index (κ2) is 4.85. The number of nitrogens with two attached hydrogens (primary N) is 1. The molecule has 94 valence electrons. The molecule has 6 heteroatoms. The number of hydrogen-bond acceptors (Lipinski definition) is 6. The Labute approximate surface area is 100 Å². The highest BCUT2D eigenvalue weighted by molar-refractivity contribution is 5.60. The Balaban J connectivity index is 2.06. The number of aromatic nitrogens is 2. The molecule has 0 unspecified atom stereocenters. The zero-order valence-corrected chi connectivity index (χ0v) is 9.96. The van der Waals surface area contributed by atoms with Crippen LogP contribution in [0.15, 0.2) is 12.5 Å². The van der Waals surface area contributed by atoms with Gasteiger partial charge in [0.05, 0.1) is 17.5 Å². The Morgan fingerprint density at radius 3 is 2.88 bits per heavy atom. The molecule has 0 bridgehead atoms. The lowest BCUT2D eigenvalue weighted by Gasteiger charge is -2.35. The molecule has 0 aliphatic carbocycles. The van der Waals surface area contributed by atoms with Crippen LogP contribution in [0.2, 0.25) is 0 Å². The van der Waals surface area contributed by atoms with Gasteiger partial charge < -0.3 is 20.5 Å². The van der Waals surface area contributed by atoms with E-state index in [9.17, 15) is 5.11 Å². The quantitative estimate of drug-likeness (QED) is 0.773. The van der Waals surface area contributed by atoms with Gasteiger partial charge in [0.15, 0.2) is 5.82 Å². The number of hydrogen-bond donors (Lipinski definition) is 2. The van der Waals surface area contributed by atoms with Crippen molar-refractivity contribution >= 4 is 11.5 Å². The summed E-state index contributed by atoms with van der Waals surface area (Å²) in [5, 5.41) is 10.4. The topological polar surface area (TPSA) is 84.5 Å². The van der Waals surface area contributed by atoms with Crippen LogP contribution >= 0.6 is 0 Å². The van der Waals surface area contributed by atoms with Gasteiger partial charge >= 0.3 is 0 Å². The van der Waals surface area contributed by atoms with E-state index in [0.717, 1.165) is 0 Å². The fourth-order valence-corrected chi connectivity index (χ4v) is 2.08. The normalized spacial score (nSPS) is 18.9. The fourth-order valence-electron chi connectivity index (χ4n) is 2.08. The third-order valence-electron chi connectivity index (χ3n) is 3.04. The standard InChI is InChI=1S/C11H18N4O2/c1-15(10-9(12)6-13-8-14-10)7-11(16)2-4-17-5-3-11/h6,8,16H,2-5,7,12H2,1H3. The van der Waals surface area contributed by atoms with Crippen molar-refractivity contribution in [2.75, 3.05) is 37.4 Å². The Hall–Kier alpha value is -1.40. The molecule has 0 radical (unpaired) electrons. The number of aliphatic hydroxyl groups is 1. The number of likely N-dealkylation sites (N-methyl/N-ethyl adjacent to an activating group) is 1. The molecule has 17 heavy (non-hydrogen) atoms. The van der Waals surface area contributed by atoms with Crippen LogP contribution in [0.1, 0.15) is 12.8 Å². The summed E-state index contributed by atoms with van der Waals surface area (Å²) in [7, 11) is 1.87. The average molecular weight is 238 g/mol. The van der Waals surface area contributed by atoms with Gasteiger partial charge in [-0.15, -0.1) is 0 Å². The molecule has 1 fully saturated rings. The lowest BCUT2D eigenvalue weighted by molar-refractivity contribution is -0.0573. The molecule has 1 aliphatic heterocycles. The van der Waals surface area contributed by atoms with Crippen LogP contribution in [0.3, 0.4) is 0 Å². The van der Waals surface area contributed by atoms with Crippen LogP contribution in [-0.4, -0.2) is 47.5 Å². The number of nitrogens with zero attached hydrogens (tertiary/aromatic N) is 3. The zero-order chi connectivity index (χ0) is 12.3. The number of ether oxygens (including phenoxy) is 1. The molecule has 1 aromatic heterocycles. The molecule has 1 aliphatic rings.